The first kappa shape index (κ1) is 9.01. The minimum Gasteiger partial charge on any atom is -0.317 e. The molecular formula is C8H13N3O. The van der Waals surface area contributed by atoms with Gasteiger partial charge in [-0.15, -0.1) is 0 Å². The molecule has 1 saturated carbocycles. The van der Waals surface area contributed by atoms with Crippen LogP contribution in [-0.4, -0.2) is 11.4 Å². The van der Waals surface area contributed by atoms with Crippen LogP contribution in [-0.2, 0) is 4.79 Å². The summed E-state index contributed by atoms with van der Waals surface area (Å²) in [5.74, 6) is -0.329. The fourth-order valence-corrected chi connectivity index (χ4v) is 1.58. The molecule has 0 aromatic rings. The summed E-state index contributed by atoms with van der Waals surface area (Å²) in [6, 6.07) is 0. The van der Waals surface area contributed by atoms with E-state index in [0.29, 0.717) is 12.8 Å². The number of carbonyl (C=O) groups is 1. The molecule has 4 nitrogen and oxygen atoms in total. The average molecular weight is 167 g/mol. The van der Waals surface area contributed by atoms with Crippen LogP contribution in [0.15, 0.2) is 0 Å². The van der Waals surface area contributed by atoms with Crippen LogP contribution in [0.4, 0.5) is 0 Å². The molecule has 0 heterocycles. The highest BCUT2D eigenvalue weighted by Crippen LogP contribution is 2.25. The number of hydrogen-bond acceptors (Lipinski definition) is 3. The molecule has 0 bridgehead atoms. The highest BCUT2D eigenvalue weighted by Gasteiger charge is 2.34. The first-order chi connectivity index (χ1) is 5.69. The van der Waals surface area contributed by atoms with Gasteiger partial charge in [0.15, 0.2) is 6.19 Å². The number of nitrogens with two attached hydrogens (primary N) is 1. The molecule has 1 amide bonds. The molecule has 12 heavy (non-hydrogen) atoms. The summed E-state index contributed by atoms with van der Waals surface area (Å²) < 4.78 is 0. The van der Waals surface area contributed by atoms with Crippen LogP contribution in [0.25, 0.3) is 0 Å². The molecule has 0 spiro atoms. The van der Waals surface area contributed by atoms with E-state index in [4.69, 9.17) is 11.0 Å². The SMILES string of the molecule is N#CNC(=O)C1(N)CCCCC1. The number of rotatable bonds is 1. The van der Waals surface area contributed by atoms with Crippen LogP contribution in [0.1, 0.15) is 32.1 Å². The van der Waals surface area contributed by atoms with Crippen LogP contribution in [0, 0.1) is 11.5 Å². The molecule has 0 atom stereocenters. The quantitative estimate of drug-likeness (QED) is 0.434. The van der Waals surface area contributed by atoms with Gasteiger partial charge in [0.05, 0.1) is 5.54 Å². The minimum absolute atomic E-state index is 0.329. The van der Waals surface area contributed by atoms with Crippen molar-refractivity contribution in [3.63, 3.8) is 0 Å². The first-order valence-electron chi connectivity index (χ1n) is 4.17. The van der Waals surface area contributed by atoms with E-state index in [1.54, 1.807) is 6.19 Å². The fourth-order valence-electron chi connectivity index (χ4n) is 1.58. The van der Waals surface area contributed by atoms with Crippen LogP contribution < -0.4 is 11.1 Å². The van der Waals surface area contributed by atoms with Crippen molar-refractivity contribution >= 4 is 5.91 Å². The molecule has 4 heteroatoms. The van der Waals surface area contributed by atoms with Gasteiger partial charge in [-0.25, -0.2) is 0 Å². The van der Waals surface area contributed by atoms with E-state index in [2.05, 4.69) is 5.32 Å². The summed E-state index contributed by atoms with van der Waals surface area (Å²) in [5.41, 5.74) is 5.04. The maximum Gasteiger partial charge on any atom is 0.253 e. The molecule has 0 unspecified atom stereocenters. The number of hydrogen-bond donors (Lipinski definition) is 2. The topological polar surface area (TPSA) is 78.9 Å². The zero-order valence-electron chi connectivity index (χ0n) is 6.97. The molecule has 0 radical (unpaired) electrons. The summed E-state index contributed by atoms with van der Waals surface area (Å²) in [7, 11) is 0. The van der Waals surface area contributed by atoms with E-state index in [1.165, 1.54) is 0 Å². The lowest BCUT2D eigenvalue weighted by atomic mass is 9.82. The Balaban J connectivity index is 2.57. The normalized spacial score (nSPS) is 21.0. The van der Waals surface area contributed by atoms with Crippen LogP contribution in [0.3, 0.4) is 0 Å². The van der Waals surface area contributed by atoms with E-state index >= 15 is 0 Å². The summed E-state index contributed by atoms with van der Waals surface area (Å²) in [6.07, 6.45) is 6.10. The van der Waals surface area contributed by atoms with Crippen molar-refractivity contribution in [2.24, 2.45) is 5.73 Å². The Morgan fingerprint density at radius 1 is 1.42 bits per heavy atom. The third-order valence-corrected chi connectivity index (χ3v) is 2.37. The van der Waals surface area contributed by atoms with Gasteiger partial charge in [-0.2, -0.15) is 5.26 Å². The van der Waals surface area contributed by atoms with Crippen molar-refractivity contribution in [3.05, 3.63) is 0 Å². The number of nitriles is 1. The third kappa shape index (κ3) is 1.74. The molecule has 0 aromatic heterocycles. The lowest BCUT2D eigenvalue weighted by Gasteiger charge is -2.30. The Kier molecular flexibility index (Phi) is 2.66. The largest absolute Gasteiger partial charge is 0.317 e. The Hall–Kier alpha value is -1.08. The van der Waals surface area contributed by atoms with E-state index in [0.717, 1.165) is 19.3 Å². The Bertz CT molecular complexity index is 213. The maximum atomic E-state index is 11.3. The van der Waals surface area contributed by atoms with Crippen molar-refractivity contribution in [1.29, 1.82) is 5.26 Å². The number of nitrogens with one attached hydrogen (secondary N) is 1. The molecule has 1 aliphatic carbocycles. The zero-order valence-corrected chi connectivity index (χ0v) is 6.97. The molecule has 0 aliphatic heterocycles. The van der Waals surface area contributed by atoms with Crippen molar-refractivity contribution in [3.8, 4) is 6.19 Å². The maximum absolute atomic E-state index is 11.3. The van der Waals surface area contributed by atoms with Gasteiger partial charge in [0.1, 0.15) is 0 Å². The fraction of sp³-hybridized carbons (Fsp3) is 0.750. The monoisotopic (exact) mass is 167 g/mol. The highest BCUT2D eigenvalue weighted by atomic mass is 16.2. The molecule has 1 rings (SSSR count). The van der Waals surface area contributed by atoms with Crippen molar-refractivity contribution in [2.75, 3.05) is 0 Å². The van der Waals surface area contributed by atoms with Gasteiger partial charge in [0.25, 0.3) is 5.91 Å². The molecule has 0 saturated heterocycles. The molecule has 1 fully saturated rings. The Morgan fingerprint density at radius 2 is 2.00 bits per heavy atom. The van der Waals surface area contributed by atoms with E-state index < -0.39 is 5.54 Å². The van der Waals surface area contributed by atoms with Crippen molar-refractivity contribution in [1.82, 2.24) is 5.32 Å². The molecule has 0 aromatic carbocycles. The number of nitrogens with zero attached hydrogens (tertiary/aromatic N) is 1. The van der Waals surface area contributed by atoms with Crippen molar-refractivity contribution < 1.29 is 4.79 Å². The van der Waals surface area contributed by atoms with Gasteiger partial charge in [0, 0.05) is 0 Å². The van der Waals surface area contributed by atoms with E-state index in [-0.39, 0.29) is 5.91 Å². The third-order valence-electron chi connectivity index (χ3n) is 2.37. The molecule has 1 aliphatic rings. The first-order valence-corrected chi connectivity index (χ1v) is 4.17. The van der Waals surface area contributed by atoms with Crippen LogP contribution in [0.2, 0.25) is 0 Å². The predicted octanol–water partition coefficient (Wildman–Crippen LogP) is 0.245. The number of carbonyl (C=O) groups excluding carboxylic acids is 1. The van der Waals surface area contributed by atoms with Gasteiger partial charge in [-0.3, -0.25) is 10.1 Å². The Labute approximate surface area is 71.7 Å². The summed E-state index contributed by atoms with van der Waals surface area (Å²) in [4.78, 5) is 11.3. The minimum atomic E-state index is -0.784. The second-order valence-electron chi connectivity index (χ2n) is 3.28. The number of amides is 1. The lowest BCUT2D eigenvalue weighted by molar-refractivity contribution is -0.126. The smallest absolute Gasteiger partial charge is 0.253 e. The van der Waals surface area contributed by atoms with Crippen molar-refractivity contribution in [2.45, 2.75) is 37.6 Å². The molecular weight excluding hydrogens is 154 g/mol. The van der Waals surface area contributed by atoms with Gasteiger partial charge >= 0.3 is 0 Å². The van der Waals surface area contributed by atoms with E-state index in [1.807, 2.05) is 0 Å². The molecule has 3 N–H and O–H groups in total. The average Bonchev–Trinajstić information content (AvgIpc) is 2.06. The highest BCUT2D eigenvalue weighted by molar-refractivity contribution is 5.87. The van der Waals surface area contributed by atoms with Gasteiger partial charge in [-0.05, 0) is 12.8 Å². The summed E-state index contributed by atoms with van der Waals surface area (Å²) in [6.45, 7) is 0. The predicted molar refractivity (Wildman–Crippen MR) is 43.8 cm³/mol. The Morgan fingerprint density at radius 3 is 2.50 bits per heavy atom. The van der Waals surface area contributed by atoms with Crippen LogP contribution >= 0.6 is 0 Å². The van der Waals surface area contributed by atoms with Gasteiger partial charge < -0.3 is 5.73 Å². The van der Waals surface area contributed by atoms with Crippen LogP contribution in [0.5, 0.6) is 0 Å². The summed E-state index contributed by atoms with van der Waals surface area (Å²) >= 11 is 0. The lowest BCUT2D eigenvalue weighted by Crippen LogP contribution is -2.53. The van der Waals surface area contributed by atoms with Gasteiger partial charge in [0.2, 0.25) is 0 Å². The van der Waals surface area contributed by atoms with E-state index in [9.17, 15) is 4.79 Å². The standard InChI is InChI=1S/C8H13N3O/c9-6-11-7(12)8(10)4-2-1-3-5-8/h1-5,10H2,(H,11,12). The molecule has 66 valence electrons. The summed E-state index contributed by atoms with van der Waals surface area (Å²) in [5, 5.41) is 10.3. The van der Waals surface area contributed by atoms with Gasteiger partial charge in [-0.1, -0.05) is 19.3 Å². The zero-order chi connectivity index (χ0) is 9.03. The second kappa shape index (κ2) is 3.55. The second-order valence-corrected chi connectivity index (χ2v) is 3.28.